The monoisotopic (exact) mass is 345 g/mol. The van der Waals surface area contributed by atoms with Gasteiger partial charge in [-0.15, -0.1) is 11.8 Å². The molecule has 0 aliphatic carbocycles. The molecule has 0 bridgehead atoms. The predicted octanol–water partition coefficient (Wildman–Crippen LogP) is 4.71. The highest BCUT2D eigenvalue weighted by Gasteiger charge is 2.06. The van der Waals surface area contributed by atoms with Crippen LogP contribution in [0.2, 0.25) is 0 Å². The summed E-state index contributed by atoms with van der Waals surface area (Å²) in [7, 11) is 1.99. The largest absolute Gasteiger partial charge is 0.340 e. The summed E-state index contributed by atoms with van der Waals surface area (Å²) in [5.74, 6) is 0. The van der Waals surface area contributed by atoms with Gasteiger partial charge in [0.1, 0.15) is 0 Å². The van der Waals surface area contributed by atoms with E-state index in [-0.39, 0.29) is 0 Å². The number of allylic oxidation sites excluding steroid dienone is 3. The van der Waals surface area contributed by atoms with Gasteiger partial charge < -0.3 is 10.3 Å². The molecule has 0 atom stereocenters. The lowest BCUT2D eigenvalue weighted by atomic mass is 10.2. The van der Waals surface area contributed by atoms with Crippen molar-refractivity contribution in [3.8, 4) is 11.3 Å². The molecular formula is C18H23N3S2. The van der Waals surface area contributed by atoms with Crippen LogP contribution in [0.5, 0.6) is 0 Å². The highest BCUT2D eigenvalue weighted by molar-refractivity contribution is 8.03. The molecule has 0 saturated heterocycles. The van der Waals surface area contributed by atoms with Gasteiger partial charge in [-0.25, -0.2) is 4.98 Å². The van der Waals surface area contributed by atoms with Crippen molar-refractivity contribution in [3.63, 3.8) is 0 Å². The number of hydrogen-bond acceptors (Lipinski definition) is 4. The van der Waals surface area contributed by atoms with E-state index in [2.05, 4.69) is 48.5 Å². The average Bonchev–Trinajstić information content (AvgIpc) is 2.98. The zero-order chi connectivity index (χ0) is 16.8. The minimum absolute atomic E-state index is 0.597. The minimum atomic E-state index is 0.597. The zero-order valence-electron chi connectivity index (χ0n) is 14.0. The molecule has 0 unspecified atom stereocenters. The second kappa shape index (κ2) is 8.43. The number of hydrogen-bond donors (Lipinski definition) is 1. The molecule has 2 aromatic rings. The van der Waals surface area contributed by atoms with Gasteiger partial charge in [0.05, 0.1) is 12.0 Å². The summed E-state index contributed by atoms with van der Waals surface area (Å²) in [6, 6.07) is 6.61. The molecule has 2 rings (SSSR count). The molecule has 0 radical (unpaired) electrons. The third-order valence-corrected chi connectivity index (χ3v) is 4.96. The standard InChI is InChI=1S/C18H23N3S2/c1-13(10-19)5-6-14(2)23-17-8-15(7-16(9-17)22-4)18-11-21(3)12-20-18/h5-9,11-12H,10,19H2,1-4H3/b13-5+,14-6+. The molecule has 2 N–H and O–H groups in total. The number of benzene rings is 1. The summed E-state index contributed by atoms with van der Waals surface area (Å²) in [4.78, 5) is 8.17. The van der Waals surface area contributed by atoms with Crippen molar-refractivity contribution in [1.82, 2.24) is 9.55 Å². The lowest BCUT2D eigenvalue weighted by Gasteiger charge is -2.07. The number of aryl methyl sites for hydroxylation is 1. The summed E-state index contributed by atoms with van der Waals surface area (Å²) in [5, 5.41) is 0. The molecule has 1 aromatic carbocycles. The Bertz CT molecular complexity index is 730. The number of rotatable bonds is 6. The zero-order valence-corrected chi connectivity index (χ0v) is 15.7. The fourth-order valence-corrected chi connectivity index (χ4v) is 3.45. The molecule has 1 aromatic heterocycles. The van der Waals surface area contributed by atoms with Crippen LogP contribution in [-0.2, 0) is 7.05 Å². The number of nitrogens with two attached hydrogens (primary N) is 1. The van der Waals surface area contributed by atoms with Crippen LogP contribution in [0.3, 0.4) is 0 Å². The fraction of sp³-hybridized carbons (Fsp3) is 0.278. The number of nitrogens with zero attached hydrogens (tertiary/aromatic N) is 2. The van der Waals surface area contributed by atoms with Gasteiger partial charge in [0.25, 0.3) is 0 Å². The highest BCUT2D eigenvalue weighted by Crippen LogP contribution is 2.33. The van der Waals surface area contributed by atoms with Crippen molar-refractivity contribution in [2.24, 2.45) is 12.8 Å². The topological polar surface area (TPSA) is 43.8 Å². The summed E-state index contributed by atoms with van der Waals surface area (Å²) >= 11 is 3.52. The normalized spacial score (nSPS) is 12.7. The second-order valence-corrected chi connectivity index (χ2v) is 7.62. The molecular weight excluding hydrogens is 322 g/mol. The van der Waals surface area contributed by atoms with E-state index < -0.39 is 0 Å². The molecule has 0 aliphatic heterocycles. The maximum Gasteiger partial charge on any atom is 0.0951 e. The van der Waals surface area contributed by atoms with Crippen molar-refractivity contribution in [2.45, 2.75) is 23.6 Å². The first-order valence-electron chi connectivity index (χ1n) is 7.41. The lowest BCUT2D eigenvalue weighted by molar-refractivity contribution is 0.913. The van der Waals surface area contributed by atoms with Crippen molar-refractivity contribution in [3.05, 3.63) is 53.4 Å². The van der Waals surface area contributed by atoms with Gasteiger partial charge in [-0.1, -0.05) is 29.5 Å². The van der Waals surface area contributed by atoms with Crippen LogP contribution in [-0.4, -0.2) is 22.4 Å². The first-order chi connectivity index (χ1) is 11.0. The van der Waals surface area contributed by atoms with Gasteiger partial charge in [-0.2, -0.15) is 0 Å². The first-order valence-corrected chi connectivity index (χ1v) is 9.45. The average molecular weight is 346 g/mol. The molecule has 0 amide bonds. The van der Waals surface area contributed by atoms with E-state index in [9.17, 15) is 0 Å². The van der Waals surface area contributed by atoms with Gasteiger partial charge in [0, 0.05) is 35.1 Å². The van der Waals surface area contributed by atoms with Crippen LogP contribution in [0.1, 0.15) is 13.8 Å². The molecule has 0 spiro atoms. The van der Waals surface area contributed by atoms with Crippen LogP contribution in [0.25, 0.3) is 11.3 Å². The third-order valence-electron chi connectivity index (χ3n) is 3.32. The van der Waals surface area contributed by atoms with E-state index in [0.717, 1.165) is 11.3 Å². The van der Waals surface area contributed by atoms with Gasteiger partial charge in [-0.3, -0.25) is 0 Å². The first kappa shape index (κ1) is 17.9. The molecule has 23 heavy (non-hydrogen) atoms. The van der Waals surface area contributed by atoms with E-state index in [1.807, 2.05) is 31.1 Å². The second-order valence-electron chi connectivity index (χ2n) is 5.42. The van der Waals surface area contributed by atoms with Gasteiger partial charge >= 0.3 is 0 Å². The van der Waals surface area contributed by atoms with Crippen molar-refractivity contribution >= 4 is 23.5 Å². The van der Waals surface area contributed by atoms with Crippen LogP contribution < -0.4 is 5.73 Å². The fourth-order valence-electron chi connectivity index (χ4n) is 2.01. The minimum Gasteiger partial charge on any atom is -0.340 e. The quantitative estimate of drug-likeness (QED) is 0.608. The van der Waals surface area contributed by atoms with Crippen molar-refractivity contribution in [1.29, 1.82) is 0 Å². The molecule has 1 heterocycles. The molecule has 5 heteroatoms. The van der Waals surface area contributed by atoms with Crippen molar-refractivity contribution < 1.29 is 0 Å². The van der Waals surface area contributed by atoms with E-state index in [4.69, 9.17) is 5.73 Å². The molecule has 3 nitrogen and oxygen atoms in total. The maximum absolute atomic E-state index is 5.62. The third kappa shape index (κ3) is 5.30. The molecule has 122 valence electrons. The van der Waals surface area contributed by atoms with E-state index in [0.29, 0.717) is 6.54 Å². The Morgan fingerprint density at radius 1 is 1.22 bits per heavy atom. The predicted molar refractivity (Wildman–Crippen MR) is 103 cm³/mol. The lowest BCUT2D eigenvalue weighted by Crippen LogP contribution is -1.98. The van der Waals surface area contributed by atoms with Crippen molar-refractivity contribution in [2.75, 3.05) is 12.8 Å². The Morgan fingerprint density at radius 2 is 1.96 bits per heavy atom. The Labute approximate surface area is 147 Å². The van der Waals surface area contributed by atoms with Crippen LogP contribution in [0.15, 0.2) is 63.1 Å². The van der Waals surface area contributed by atoms with Gasteiger partial charge in [0.2, 0.25) is 0 Å². The van der Waals surface area contributed by atoms with E-state index in [1.165, 1.54) is 20.3 Å². The molecule has 0 fully saturated rings. The van der Waals surface area contributed by atoms with Gasteiger partial charge in [-0.05, 0) is 43.2 Å². The Morgan fingerprint density at radius 3 is 2.57 bits per heavy atom. The summed E-state index contributed by atoms with van der Waals surface area (Å²) < 4.78 is 1.97. The Balaban J connectivity index is 2.28. The van der Waals surface area contributed by atoms with E-state index >= 15 is 0 Å². The highest BCUT2D eigenvalue weighted by atomic mass is 32.2. The SMILES string of the molecule is CSc1cc(S/C(C)=C/C=C(\C)CN)cc(-c2cn(C)cn2)c1. The molecule has 0 saturated carbocycles. The van der Waals surface area contributed by atoms with Crippen LogP contribution in [0.4, 0.5) is 0 Å². The number of thioether (sulfide) groups is 2. The van der Waals surface area contributed by atoms with E-state index in [1.54, 1.807) is 23.5 Å². The smallest absolute Gasteiger partial charge is 0.0951 e. The van der Waals surface area contributed by atoms with Crippen LogP contribution >= 0.6 is 23.5 Å². The van der Waals surface area contributed by atoms with Gasteiger partial charge in [0.15, 0.2) is 0 Å². The van der Waals surface area contributed by atoms with Crippen LogP contribution in [0, 0.1) is 0 Å². The summed E-state index contributed by atoms with van der Waals surface area (Å²) in [6.07, 6.45) is 10.2. The molecule has 0 aliphatic rings. The number of imidazole rings is 1. The number of aromatic nitrogens is 2. The Hall–Kier alpha value is -1.43. The summed E-state index contributed by atoms with van der Waals surface area (Å²) in [6.45, 7) is 4.76. The summed E-state index contributed by atoms with van der Waals surface area (Å²) in [5.41, 5.74) is 8.96. The maximum atomic E-state index is 5.62. The Kier molecular flexibility index (Phi) is 6.57.